The van der Waals surface area contributed by atoms with Gasteiger partial charge in [-0.15, -0.1) is 0 Å². The summed E-state index contributed by atoms with van der Waals surface area (Å²) in [6.45, 7) is 7.64. The lowest BCUT2D eigenvalue weighted by atomic mass is 9.92. The van der Waals surface area contributed by atoms with Crippen LogP contribution in [-0.2, 0) is 11.3 Å². The van der Waals surface area contributed by atoms with Crippen molar-refractivity contribution >= 4 is 5.69 Å². The summed E-state index contributed by atoms with van der Waals surface area (Å²) >= 11 is 0. The second-order valence-corrected chi connectivity index (χ2v) is 4.93. The van der Waals surface area contributed by atoms with Crippen molar-refractivity contribution in [1.29, 1.82) is 0 Å². The van der Waals surface area contributed by atoms with Crippen LogP contribution in [0.1, 0.15) is 32.8 Å². The van der Waals surface area contributed by atoms with Crippen molar-refractivity contribution in [1.82, 2.24) is 0 Å². The molecule has 0 unspecified atom stereocenters. The Morgan fingerprint density at radius 1 is 1.29 bits per heavy atom. The number of nitro benzene ring substituents is 1. The number of hydrogen-bond donors (Lipinski definition) is 0. The molecule has 0 N–H and O–H groups in total. The van der Waals surface area contributed by atoms with E-state index in [2.05, 4.69) is 20.8 Å². The summed E-state index contributed by atoms with van der Waals surface area (Å²) in [5.74, 6) is 0. The molecule has 0 saturated carbocycles. The molecule has 0 bridgehead atoms. The van der Waals surface area contributed by atoms with E-state index < -0.39 is 4.92 Å². The van der Waals surface area contributed by atoms with Crippen LogP contribution in [0.2, 0.25) is 0 Å². The molecule has 0 radical (unpaired) electrons. The minimum Gasteiger partial charge on any atom is -0.376 e. The second kappa shape index (κ2) is 5.77. The monoisotopic (exact) mass is 237 g/mol. The fourth-order valence-corrected chi connectivity index (χ4v) is 1.26. The highest BCUT2D eigenvalue weighted by Crippen LogP contribution is 2.20. The number of rotatable bonds is 6. The van der Waals surface area contributed by atoms with Gasteiger partial charge in [0.05, 0.1) is 18.1 Å². The van der Waals surface area contributed by atoms with Crippen molar-refractivity contribution in [3.63, 3.8) is 0 Å². The van der Waals surface area contributed by atoms with Gasteiger partial charge in [0.2, 0.25) is 0 Å². The van der Waals surface area contributed by atoms with E-state index in [1.807, 2.05) is 0 Å². The van der Waals surface area contributed by atoms with Gasteiger partial charge in [0.25, 0.3) is 5.69 Å². The molecular weight excluding hydrogens is 218 g/mol. The minimum atomic E-state index is -0.398. The molecule has 1 aromatic carbocycles. The number of nitrogens with zero attached hydrogens (tertiary/aromatic N) is 1. The Labute approximate surface area is 102 Å². The largest absolute Gasteiger partial charge is 0.376 e. The normalized spacial score (nSPS) is 11.5. The fraction of sp³-hybridized carbons (Fsp3) is 0.538. The third-order valence-electron chi connectivity index (χ3n) is 2.87. The van der Waals surface area contributed by atoms with Crippen LogP contribution in [0.4, 0.5) is 5.69 Å². The Kier molecular flexibility index (Phi) is 4.63. The third-order valence-corrected chi connectivity index (χ3v) is 2.87. The lowest BCUT2D eigenvalue weighted by molar-refractivity contribution is -0.384. The van der Waals surface area contributed by atoms with Crippen molar-refractivity contribution in [3.8, 4) is 0 Å². The van der Waals surface area contributed by atoms with Gasteiger partial charge in [-0.1, -0.05) is 20.8 Å². The molecule has 0 spiro atoms. The van der Waals surface area contributed by atoms with Crippen molar-refractivity contribution in [2.24, 2.45) is 5.41 Å². The first kappa shape index (κ1) is 13.6. The average molecular weight is 237 g/mol. The summed E-state index contributed by atoms with van der Waals surface area (Å²) in [7, 11) is 0. The smallest absolute Gasteiger partial charge is 0.269 e. The number of hydrogen-bond acceptors (Lipinski definition) is 3. The molecule has 0 atom stereocenters. The predicted molar refractivity (Wildman–Crippen MR) is 66.8 cm³/mol. The van der Waals surface area contributed by atoms with Gasteiger partial charge in [-0.3, -0.25) is 10.1 Å². The average Bonchev–Trinajstić information content (AvgIpc) is 2.29. The molecule has 0 aliphatic heterocycles. The Morgan fingerprint density at radius 3 is 2.35 bits per heavy atom. The van der Waals surface area contributed by atoms with Crippen molar-refractivity contribution < 1.29 is 9.66 Å². The van der Waals surface area contributed by atoms with Crippen molar-refractivity contribution in [2.75, 3.05) is 6.61 Å². The highest BCUT2D eigenvalue weighted by atomic mass is 16.6. The van der Waals surface area contributed by atoms with Crippen molar-refractivity contribution in [3.05, 3.63) is 39.9 Å². The number of benzene rings is 1. The van der Waals surface area contributed by atoms with Gasteiger partial charge >= 0.3 is 0 Å². The van der Waals surface area contributed by atoms with Crippen LogP contribution >= 0.6 is 0 Å². The Balaban J connectivity index is 2.45. The van der Waals surface area contributed by atoms with Crippen LogP contribution in [0.15, 0.2) is 24.3 Å². The molecular formula is C13H19NO3. The molecule has 0 aromatic heterocycles. The number of ether oxygens (including phenoxy) is 1. The van der Waals surface area contributed by atoms with Crippen LogP contribution in [-0.4, -0.2) is 11.5 Å². The Hall–Kier alpha value is -1.42. The number of non-ortho nitro benzene ring substituents is 1. The van der Waals surface area contributed by atoms with Crippen LogP contribution < -0.4 is 0 Å². The SMILES string of the molecule is CCC(C)(C)COCc1ccc([N+](=O)[O-])cc1. The van der Waals surface area contributed by atoms with E-state index in [1.165, 1.54) is 12.1 Å². The van der Waals surface area contributed by atoms with E-state index in [0.717, 1.165) is 12.0 Å². The summed E-state index contributed by atoms with van der Waals surface area (Å²) in [6.07, 6.45) is 1.06. The maximum absolute atomic E-state index is 10.5. The molecule has 0 heterocycles. The maximum atomic E-state index is 10.5. The highest BCUT2D eigenvalue weighted by Gasteiger charge is 2.15. The first-order chi connectivity index (χ1) is 7.94. The standard InChI is InChI=1S/C13H19NO3/c1-4-13(2,3)10-17-9-11-5-7-12(8-6-11)14(15)16/h5-8H,4,9-10H2,1-3H3. The first-order valence-electron chi connectivity index (χ1n) is 5.76. The summed E-state index contributed by atoms with van der Waals surface area (Å²) in [4.78, 5) is 10.1. The van der Waals surface area contributed by atoms with Gasteiger partial charge in [-0.05, 0) is 29.5 Å². The third kappa shape index (κ3) is 4.53. The number of nitro groups is 1. The van der Waals surface area contributed by atoms with Crippen LogP contribution in [0.25, 0.3) is 0 Å². The van der Waals surface area contributed by atoms with E-state index in [1.54, 1.807) is 12.1 Å². The van der Waals surface area contributed by atoms with Gasteiger partial charge in [0.1, 0.15) is 0 Å². The predicted octanol–water partition coefficient (Wildman–Crippen LogP) is 3.55. The summed E-state index contributed by atoms with van der Waals surface area (Å²) in [5, 5.41) is 10.5. The molecule has 17 heavy (non-hydrogen) atoms. The zero-order valence-electron chi connectivity index (χ0n) is 10.6. The molecule has 0 aliphatic rings. The Bertz CT molecular complexity index is 371. The van der Waals surface area contributed by atoms with E-state index in [4.69, 9.17) is 4.74 Å². The quantitative estimate of drug-likeness (QED) is 0.561. The molecule has 4 nitrogen and oxygen atoms in total. The minimum absolute atomic E-state index is 0.114. The van der Waals surface area contributed by atoms with E-state index in [0.29, 0.717) is 13.2 Å². The zero-order chi connectivity index (χ0) is 12.9. The molecule has 0 saturated heterocycles. The van der Waals surface area contributed by atoms with Gasteiger partial charge in [-0.25, -0.2) is 0 Å². The summed E-state index contributed by atoms with van der Waals surface area (Å²) in [6, 6.07) is 6.47. The van der Waals surface area contributed by atoms with Gasteiger partial charge in [0, 0.05) is 12.1 Å². The van der Waals surface area contributed by atoms with Gasteiger partial charge in [0.15, 0.2) is 0 Å². The summed E-state index contributed by atoms with van der Waals surface area (Å²) in [5.41, 5.74) is 1.26. The van der Waals surface area contributed by atoms with Gasteiger partial charge < -0.3 is 4.74 Å². The van der Waals surface area contributed by atoms with E-state index >= 15 is 0 Å². The molecule has 1 rings (SSSR count). The Morgan fingerprint density at radius 2 is 1.88 bits per heavy atom. The topological polar surface area (TPSA) is 52.4 Å². The highest BCUT2D eigenvalue weighted by molar-refractivity contribution is 5.32. The van der Waals surface area contributed by atoms with Crippen LogP contribution in [0, 0.1) is 15.5 Å². The van der Waals surface area contributed by atoms with Crippen LogP contribution in [0.3, 0.4) is 0 Å². The molecule has 0 fully saturated rings. The van der Waals surface area contributed by atoms with Crippen molar-refractivity contribution in [2.45, 2.75) is 33.8 Å². The van der Waals surface area contributed by atoms with E-state index in [-0.39, 0.29) is 11.1 Å². The first-order valence-corrected chi connectivity index (χ1v) is 5.76. The zero-order valence-corrected chi connectivity index (χ0v) is 10.6. The summed E-state index contributed by atoms with van der Waals surface area (Å²) < 4.78 is 5.61. The lowest BCUT2D eigenvalue weighted by Crippen LogP contribution is -2.17. The maximum Gasteiger partial charge on any atom is 0.269 e. The molecule has 0 amide bonds. The van der Waals surface area contributed by atoms with Gasteiger partial charge in [-0.2, -0.15) is 0 Å². The molecule has 1 aromatic rings. The van der Waals surface area contributed by atoms with Crippen LogP contribution in [0.5, 0.6) is 0 Å². The molecule has 4 heteroatoms. The lowest BCUT2D eigenvalue weighted by Gasteiger charge is -2.22. The fourth-order valence-electron chi connectivity index (χ4n) is 1.26. The molecule has 94 valence electrons. The van der Waals surface area contributed by atoms with E-state index in [9.17, 15) is 10.1 Å². The molecule has 0 aliphatic carbocycles. The second-order valence-electron chi connectivity index (χ2n) is 4.93.